The van der Waals surface area contributed by atoms with Gasteiger partial charge in [0.2, 0.25) is 0 Å². The van der Waals surface area contributed by atoms with Crippen molar-refractivity contribution >= 4 is 23.5 Å². The fraction of sp³-hybridized carbons (Fsp3) is 0.714. The molecule has 4 fully saturated rings. The number of ether oxygens (including phenoxy) is 2. The Labute approximate surface area is 115 Å². The predicted octanol–water partition coefficient (Wildman–Crippen LogP) is 0.277. The summed E-state index contributed by atoms with van der Waals surface area (Å²) >= 11 is 0. The Morgan fingerprint density at radius 3 is 1.70 bits per heavy atom. The normalized spacial score (nSPS) is 41.7. The van der Waals surface area contributed by atoms with Crippen molar-refractivity contribution in [3.8, 4) is 0 Å². The molecule has 0 aromatic heterocycles. The van der Waals surface area contributed by atoms with Crippen LogP contribution in [0.1, 0.15) is 25.7 Å². The minimum absolute atomic E-state index is 0.0932. The van der Waals surface area contributed by atoms with E-state index >= 15 is 0 Å². The van der Waals surface area contributed by atoms with E-state index in [1.54, 1.807) is 0 Å². The van der Waals surface area contributed by atoms with Crippen LogP contribution in [0.3, 0.4) is 0 Å². The predicted molar refractivity (Wildman–Crippen MR) is 64.4 cm³/mol. The maximum absolute atomic E-state index is 12.5. The maximum atomic E-state index is 12.5. The first-order valence-electron chi connectivity index (χ1n) is 6.67. The van der Waals surface area contributed by atoms with Gasteiger partial charge in [0.1, 0.15) is 10.8 Å². The standard InChI is InChI=1S/C14H16O6/c1-19-11(17)13-4-7-3-8(9(13)15)5-14(6-13,10(7)16)12(18)20-2/h7-8H,3-6H2,1-2H3/t7-,8-,13+,14+/m0/s1. The smallest absolute Gasteiger partial charge is 0.319 e. The van der Waals surface area contributed by atoms with Gasteiger partial charge in [-0.15, -0.1) is 0 Å². The summed E-state index contributed by atoms with van der Waals surface area (Å²) in [7, 11) is 2.45. The lowest BCUT2D eigenvalue weighted by Crippen LogP contribution is -2.67. The Hall–Kier alpha value is -1.72. The summed E-state index contributed by atoms with van der Waals surface area (Å²) < 4.78 is 9.55. The number of rotatable bonds is 2. The van der Waals surface area contributed by atoms with Crippen LogP contribution in [0.2, 0.25) is 0 Å². The van der Waals surface area contributed by atoms with E-state index < -0.39 is 34.6 Å². The van der Waals surface area contributed by atoms with Crippen LogP contribution in [-0.2, 0) is 28.7 Å². The van der Waals surface area contributed by atoms with Crippen LogP contribution in [0.15, 0.2) is 0 Å². The van der Waals surface area contributed by atoms with E-state index in [0.717, 1.165) is 0 Å². The second-order valence-electron chi connectivity index (χ2n) is 6.09. The number of carbonyl (C=O) groups excluding carboxylic acids is 4. The number of ketones is 2. The molecule has 108 valence electrons. The minimum Gasteiger partial charge on any atom is -0.468 e. The van der Waals surface area contributed by atoms with E-state index in [-0.39, 0.29) is 30.8 Å². The maximum Gasteiger partial charge on any atom is 0.319 e. The second-order valence-corrected chi connectivity index (χ2v) is 6.09. The van der Waals surface area contributed by atoms with Gasteiger partial charge in [-0.2, -0.15) is 0 Å². The first kappa shape index (κ1) is 13.3. The molecule has 0 N–H and O–H groups in total. The van der Waals surface area contributed by atoms with Crippen LogP contribution >= 0.6 is 0 Å². The molecule has 0 spiro atoms. The topological polar surface area (TPSA) is 86.7 Å². The summed E-state index contributed by atoms with van der Waals surface area (Å²) in [6.07, 6.45) is 0.693. The number of Topliss-reactive ketones (excluding diaryl/α,β-unsaturated/α-hetero) is 2. The van der Waals surface area contributed by atoms with Crippen molar-refractivity contribution in [2.45, 2.75) is 25.7 Å². The SMILES string of the molecule is COC(=O)[C@]12C[C@@H]3C[C@@H](C[C@@](C(=O)OC)(C1)C3=O)C2=O. The van der Waals surface area contributed by atoms with Gasteiger partial charge >= 0.3 is 11.9 Å². The van der Waals surface area contributed by atoms with Gasteiger partial charge in [0.05, 0.1) is 14.2 Å². The van der Waals surface area contributed by atoms with Crippen molar-refractivity contribution in [3.63, 3.8) is 0 Å². The molecule has 20 heavy (non-hydrogen) atoms. The zero-order chi connectivity index (χ0) is 14.7. The molecule has 6 nitrogen and oxygen atoms in total. The Morgan fingerprint density at radius 1 is 0.950 bits per heavy atom. The van der Waals surface area contributed by atoms with E-state index in [2.05, 4.69) is 0 Å². The van der Waals surface area contributed by atoms with E-state index in [4.69, 9.17) is 9.47 Å². The van der Waals surface area contributed by atoms with Gasteiger partial charge in [-0.25, -0.2) is 0 Å². The third-order valence-electron chi connectivity index (χ3n) is 5.20. The number of esters is 2. The highest BCUT2D eigenvalue weighted by atomic mass is 16.5. The van der Waals surface area contributed by atoms with Crippen LogP contribution in [-0.4, -0.2) is 37.7 Å². The molecule has 0 radical (unpaired) electrons. The molecular weight excluding hydrogens is 264 g/mol. The summed E-state index contributed by atoms with van der Waals surface area (Å²) in [6, 6.07) is 0. The van der Waals surface area contributed by atoms with Crippen LogP contribution in [0.25, 0.3) is 0 Å². The molecule has 4 aliphatic rings. The van der Waals surface area contributed by atoms with E-state index in [9.17, 15) is 19.2 Å². The molecule has 4 saturated carbocycles. The van der Waals surface area contributed by atoms with Crippen molar-refractivity contribution in [3.05, 3.63) is 0 Å². The summed E-state index contributed by atoms with van der Waals surface area (Å²) in [5, 5.41) is 0. The number of methoxy groups -OCH3 is 2. The van der Waals surface area contributed by atoms with Gasteiger partial charge < -0.3 is 9.47 Å². The van der Waals surface area contributed by atoms with Gasteiger partial charge in [-0.3, -0.25) is 19.2 Å². The van der Waals surface area contributed by atoms with Crippen LogP contribution in [0.5, 0.6) is 0 Å². The highest BCUT2D eigenvalue weighted by Gasteiger charge is 2.72. The molecule has 4 aliphatic carbocycles. The minimum atomic E-state index is -1.33. The van der Waals surface area contributed by atoms with Crippen LogP contribution in [0.4, 0.5) is 0 Å². The second kappa shape index (κ2) is 3.90. The Morgan fingerprint density at radius 2 is 1.35 bits per heavy atom. The molecule has 6 heteroatoms. The summed E-state index contributed by atoms with van der Waals surface area (Å²) in [4.78, 5) is 49.2. The van der Waals surface area contributed by atoms with Crippen LogP contribution in [0, 0.1) is 22.7 Å². The number of carbonyl (C=O) groups is 4. The monoisotopic (exact) mass is 280 g/mol. The van der Waals surface area contributed by atoms with E-state index in [1.807, 2.05) is 0 Å². The molecule has 4 bridgehead atoms. The summed E-state index contributed by atoms with van der Waals surface area (Å²) in [6.45, 7) is 0. The number of hydrogen-bond donors (Lipinski definition) is 0. The van der Waals surface area contributed by atoms with Crippen molar-refractivity contribution in [1.82, 2.24) is 0 Å². The molecule has 0 aromatic rings. The molecule has 0 saturated heterocycles. The zero-order valence-corrected chi connectivity index (χ0v) is 11.4. The highest BCUT2D eigenvalue weighted by Crippen LogP contribution is 2.62. The molecule has 4 rings (SSSR count). The first-order chi connectivity index (χ1) is 9.41. The quantitative estimate of drug-likeness (QED) is 0.533. The fourth-order valence-electron chi connectivity index (χ4n) is 4.47. The van der Waals surface area contributed by atoms with Crippen molar-refractivity contribution in [1.29, 1.82) is 0 Å². The van der Waals surface area contributed by atoms with Gasteiger partial charge in [0.25, 0.3) is 0 Å². The van der Waals surface area contributed by atoms with Gasteiger partial charge in [-0.1, -0.05) is 0 Å². The molecule has 0 aliphatic heterocycles. The third-order valence-corrected chi connectivity index (χ3v) is 5.20. The summed E-state index contributed by atoms with van der Waals surface area (Å²) in [5.41, 5.74) is -2.66. The van der Waals surface area contributed by atoms with Crippen molar-refractivity contribution in [2.75, 3.05) is 14.2 Å². The lowest BCUT2D eigenvalue weighted by atomic mass is 9.43. The van der Waals surface area contributed by atoms with Crippen LogP contribution < -0.4 is 0 Å². The molecule has 0 heterocycles. The Bertz CT molecular complexity index is 492. The van der Waals surface area contributed by atoms with Gasteiger partial charge in [-0.05, 0) is 25.7 Å². The average molecular weight is 280 g/mol. The first-order valence-corrected chi connectivity index (χ1v) is 6.67. The molecular formula is C14H16O6. The molecule has 0 unspecified atom stereocenters. The Balaban J connectivity index is 2.13. The lowest BCUT2D eigenvalue weighted by Gasteiger charge is -2.56. The highest BCUT2D eigenvalue weighted by molar-refractivity contribution is 6.16. The van der Waals surface area contributed by atoms with Crippen molar-refractivity contribution < 1.29 is 28.7 Å². The largest absolute Gasteiger partial charge is 0.468 e. The third kappa shape index (κ3) is 1.29. The fourth-order valence-corrected chi connectivity index (χ4v) is 4.47. The zero-order valence-electron chi connectivity index (χ0n) is 11.4. The lowest BCUT2D eigenvalue weighted by molar-refractivity contribution is -0.192. The Kier molecular flexibility index (Phi) is 2.59. The van der Waals surface area contributed by atoms with E-state index in [0.29, 0.717) is 6.42 Å². The average Bonchev–Trinajstić information content (AvgIpc) is 2.44. The molecule has 0 amide bonds. The number of hydrogen-bond acceptors (Lipinski definition) is 6. The van der Waals surface area contributed by atoms with Crippen molar-refractivity contribution in [2.24, 2.45) is 22.7 Å². The van der Waals surface area contributed by atoms with Gasteiger partial charge in [0.15, 0.2) is 11.6 Å². The van der Waals surface area contributed by atoms with E-state index in [1.165, 1.54) is 14.2 Å². The molecule has 4 atom stereocenters. The van der Waals surface area contributed by atoms with Gasteiger partial charge in [0, 0.05) is 11.8 Å². The summed E-state index contributed by atoms with van der Waals surface area (Å²) in [5.74, 6) is -2.44. The molecule has 0 aromatic carbocycles.